The highest BCUT2D eigenvalue weighted by Gasteiger charge is 2.53. The summed E-state index contributed by atoms with van der Waals surface area (Å²) in [5, 5.41) is 0. The first kappa shape index (κ1) is 20.3. The van der Waals surface area contributed by atoms with Gasteiger partial charge in [-0.25, -0.2) is 0 Å². The molecule has 1 fully saturated rings. The number of fused-ring (bicyclic) bond motifs is 2. The number of anilines is 1. The Labute approximate surface area is 177 Å². The van der Waals surface area contributed by atoms with E-state index in [1.807, 2.05) is 0 Å². The molecule has 0 N–H and O–H groups in total. The molecule has 2 nitrogen and oxygen atoms in total. The summed E-state index contributed by atoms with van der Waals surface area (Å²) in [4.78, 5) is 2.76. The first-order valence-corrected chi connectivity index (χ1v) is 11.3. The molecule has 0 bridgehead atoms. The van der Waals surface area contributed by atoms with Crippen LogP contribution in [0, 0.1) is 0 Å². The van der Waals surface area contributed by atoms with Crippen molar-refractivity contribution in [1.82, 2.24) is 0 Å². The van der Waals surface area contributed by atoms with Gasteiger partial charge in [0.25, 0.3) is 0 Å². The third kappa shape index (κ3) is 3.16. The minimum absolute atomic E-state index is 0.124. The number of hydrogen-bond donors (Lipinski definition) is 0. The fraction of sp³-hybridized carbons (Fsp3) is 0.556. The highest BCUT2D eigenvalue weighted by Crippen LogP contribution is 2.55. The van der Waals surface area contributed by atoms with Gasteiger partial charge in [0.15, 0.2) is 0 Å². The molecular weight excluding hydrogens is 354 g/mol. The third-order valence-electron chi connectivity index (χ3n) is 7.35. The molecule has 1 aliphatic heterocycles. The van der Waals surface area contributed by atoms with E-state index < -0.39 is 0 Å². The predicted molar refractivity (Wildman–Crippen MR) is 124 cm³/mol. The highest BCUT2D eigenvalue weighted by atomic mass is 16.5. The molecule has 156 valence electrons. The molecule has 0 unspecified atom stereocenters. The maximum absolute atomic E-state index is 5.71. The first-order valence-electron chi connectivity index (χ1n) is 11.3. The SMILES string of the molecule is COc1cccc2c1CC[C@]21CN(c2c(C(C)C)cccc2C(C)C)C(C)(C)C1. The van der Waals surface area contributed by atoms with Crippen molar-refractivity contribution in [3.63, 3.8) is 0 Å². The second-order valence-corrected chi connectivity index (χ2v) is 10.4. The Kier molecular flexibility index (Phi) is 4.96. The number of benzene rings is 2. The lowest BCUT2D eigenvalue weighted by molar-refractivity contribution is 0.410. The van der Waals surface area contributed by atoms with Crippen molar-refractivity contribution in [2.75, 3.05) is 18.6 Å². The van der Waals surface area contributed by atoms with Gasteiger partial charge in [-0.1, -0.05) is 58.0 Å². The molecule has 1 heterocycles. The molecule has 1 saturated heterocycles. The minimum atomic E-state index is 0.124. The van der Waals surface area contributed by atoms with Crippen LogP contribution in [0.3, 0.4) is 0 Å². The fourth-order valence-electron chi connectivity index (χ4n) is 6.06. The van der Waals surface area contributed by atoms with Gasteiger partial charge in [-0.15, -0.1) is 0 Å². The second-order valence-electron chi connectivity index (χ2n) is 10.4. The van der Waals surface area contributed by atoms with Crippen molar-refractivity contribution < 1.29 is 4.74 Å². The van der Waals surface area contributed by atoms with E-state index in [4.69, 9.17) is 4.74 Å². The highest BCUT2D eigenvalue weighted by molar-refractivity contribution is 5.66. The molecule has 1 aliphatic carbocycles. The molecule has 2 aromatic carbocycles. The molecule has 0 amide bonds. The van der Waals surface area contributed by atoms with Crippen LogP contribution in [0.2, 0.25) is 0 Å². The van der Waals surface area contributed by atoms with Gasteiger partial charge in [-0.3, -0.25) is 0 Å². The van der Waals surface area contributed by atoms with E-state index in [0.29, 0.717) is 11.8 Å². The summed E-state index contributed by atoms with van der Waals surface area (Å²) in [7, 11) is 1.80. The van der Waals surface area contributed by atoms with Crippen LogP contribution in [-0.2, 0) is 11.8 Å². The zero-order valence-corrected chi connectivity index (χ0v) is 19.3. The van der Waals surface area contributed by atoms with Crippen LogP contribution in [0.4, 0.5) is 5.69 Å². The topological polar surface area (TPSA) is 12.5 Å². The molecule has 1 spiro atoms. The summed E-state index contributed by atoms with van der Waals surface area (Å²) >= 11 is 0. The number of hydrogen-bond acceptors (Lipinski definition) is 2. The minimum Gasteiger partial charge on any atom is -0.496 e. The van der Waals surface area contributed by atoms with Crippen LogP contribution in [0.15, 0.2) is 36.4 Å². The van der Waals surface area contributed by atoms with Crippen LogP contribution in [0.25, 0.3) is 0 Å². The van der Waals surface area contributed by atoms with Crippen LogP contribution in [-0.4, -0.2) is 19.2 Å². The number of rotatable bonds is 4. The van der Waals surface area contributed by atoms with Gasteiger partial charge >= 0.3 is 0 Å². The number of ether oxygens (including phenoxy) is 1. The van der Waals surface area contributed by atoms with Crippen LogP contribution >= 0.6 is 0 Å². The molecule has 0 saturated carbocycles. The van der Waals surface area contributed by atoms with Gasteiger partial charge in [0.1, 0.15) is 5.75 Å². The van der Waals surface area contributed by atoms with E-state index in [-0.39, 0.29) is 11.0 Å². The van der Waals surface area contributed by atoms with Crippen molar-refractivity contribution in [2.24, 2.45) is 0 Å². The molecular formula is C27H37NO. The van der Waals surface area contributed by atoms with Crippen molar-refractivity contribution in [3.8, 4) is 5.75 Å². The molecule has 4 rings (SSSR count). The Morgan fingerprint density at radius 1 is 0.931 bits per heavy atom. The largest absolute Gasteiger partial charge is 0.496 e. The quantitative estimate of drug-likeness (QED) is 0.567. The molecule has 2 aromatic rings. The molecule has 0 radical (unpaired) electrons. The first-order chi connectivity index (χ1) is 13.7. The standard InChI is InChI=1S/C27H37NO/c1-18(2)20-10-8-11-21(19(3)4)25(20)28-17-27(16-26(28,5)6)15-14-22-23(27)12-9-13-24(22)29-7/h8-13,18-19H,14-17H2,1-7H3/t27-/m0/s1. The van der Waals surface area contributed by atoms with E-state index in [2.05, 4.69) is 82.8 Å². The van der Waals surface area contributed by atoms with Gasteiger partial charge in [0, 0.05) is 23.2 Å². The number of para-hydroxylation sites is 1. The van der Waals surface area contributed by atoms with E-state index >= 15 is 0 Å². The van der Waals surface area contributed by atoms with Crippen molar-refractivity contribution in [3.05, 3.63) is 58.7 Å². The Bertz CT molecular complexity index is 884. The average Bonchev–Trinajstić information content (AvgIpc) is 3.17. The zero-order valence-electron chi connectivity index (χ0n) is 19.3. The van der Waals surface area contributed by atoms with E-state index in [0.717, 1.165) is 18.7 Å². The normalized spacial score (nSPS) is 22.7. The fourth-order valence-corrected chi connectivity index (χ4v) is 6.06. The second kappa shape index (κ2) is 7.07. The van der Waals surface area contributed by atoms with Gasteiger partial charge < -0.3 is 9.64 Å². The zero-order chi connectivity index (χ0) is 21.0. The average molecular weight is 392 g/mol. The molecule has 29 heavy (non-hydrogen) atoms. The lowest BCUT2D eigenvalue weighted by Gasteiger charge is -2.38. The van der Waals surface area contributed by atoms with Crippen molar-refractivity contribution >= 4 is 5.69 Å². The van der Waals surface area contributed by atoms with E-state index in [1.54, 1.807) is 7.11 Å². The molecule has 0 aromatic heterocycles. The maximum Gasteiger partial charge on any atom is 0.122 e. The Hall–Kier alpha value is -1.96. The Morgan fingerprint density at radius 3 is 2.14 bits per heavy atom. The smallest absolute Gasteiger partial charge is 0.122 e. The lowest BCUT2D eigenvalue weighted by atomic mass is 9.77. The molecule has 2 heteroatoms. The van der Waals surface area contributed by atoms with Gasteiger partial charge in [0.2, 0.25) is 0 Å². The van der Waals surface area contributed by atoms with Gasteiger partial charge in [0.05, 0.1) is 7.11 Å². The summed E-state index contributed by atoms with van der Waals surface area (Å²) in [5.41, 5.74) is 7.80. The molecule has 2 aliphatic rings. The van der Waals surface area contributed by atoms with Crippen LogP contribution in [0.1, 0.15) is 88.5 Å². The Balaban J connectivity index is 1.84. The van der Waals surface area contributed by atoms with Crippen molar-refractivity contribution in [2.45, 2.75) is 83.6 Å². The summed E-state index contributed by atoms with van der Waals surface area (Å²) in [6, 6.07) is 13.6. The lowest BCUT2D eigenvalue weighted by Crippen LogP contribution is -2.39. The van der Waals surface area contributed by atoms with Crippen molar-refractivity contribution in [1.29, 1.82) is 0 Å². The van der Waals surface area contributed by atoms with Gasteiger partial charge in [-0.05, 0) is 73.3 Å². The predicted octanol–water partition coefficient (Wildman–Crippen LogP) is 6.81. The van der Waals surface area contributed by atoms with Crippen LogP contribution in [0.5, 0.6) is 5.75 Å². The van der Waals surface area contributed by atoms with E-state index in [1.165, 1.54) is 40.8 Å². The summed E-state index contributed by atoms with van der Waals surface area (Å²) in [6.07, 6.45) is 3.56. The third-order valence-corrected chi connectivity index (χ3v) is 7.35. The number of methoxy groups -OCH3 is 1. The summed E-state index contributed by atoms with van der Waals surface area (Å²) < 4.78 is 5.71. The maximum atomic E-state index is 5.71. The summed E-state index contributed by atoms with van der Waals surface area (Å²) in [6.45, 7) is 15.3. The number of nitrogens with zero attached hydrogens (tertiary/aromatic N) is 1. The molecule has 1 atom stereocenters. The summed E-state index contributed by atoms with van der Waals surface area (Å²) in [5.74, 6) is 2.11. The Morgan fingerprint density at radius 2 is 1.55 bits per heavy atom. The van der Waals surface area contributed by atoms with Crippen LogP contribution < -0.4 is 9.64 Å². The van der Waals surface area contributed by atoms with Gasteiger partial charge in [-0.2, -0.15) is 0 Å². The van der Waals surface area contributed by atoms with E-state index in [9.17, 15) is 0 Å². The monoisotopic (exact) mass is 391 g/mol.